The van der Waals surface area contributed by atoms with E-state index < -0.39 is 35.2 Å². The summed E-state index contributed by atoms with van der Waals surface area (Å²) in [6, 6.07) is 15.9. The fourth-order valence-corrected chi connectivity index (χ4v) is 16.0. The number of hydrogen-bond acceptors (Lipinski definition) is 12. The van der Waals surface area contributed by atoms with Crippen molar-refractivity contribution in [2.75, 3.05) is 79.3 Å². The van der Waals surface area contributed by atoms with Crippen LogP contribution in [0.25, 0.3) is 0 Å². The van der Waals surface area contributed by atoms with Gasteiger partial charge in [-0.05, 0) is 95.2 Å². The molecule has 0 spiro atoms. The third-order valence-electron chi connectivity index (χ3n) is 7.15. The maximum atomic E-state index is 6.03. The lowest BCUT2D eigenvalue weighted by Gasteiger charge is -2.31. The Kier molecular flexibility index (Phi) is 25.0. The summed E-state index contributed by atoms with van der Waals surface area (Å²) >= 11 is 0. The first-order chi connectivity index (χ1) is 25.1. The molecule has 0 fully saturated rings. The number of benzene rings is 2. The van der Waals surface area contributed by atoms with E-state index in [0.717, 1.165) is 20.7 Å². The van der Waals surface area contributed by atoms with E-state index in [1.165, 1.54) is 0 Å². The molecule has 0 aliphatic heterocycles. The number of hydrogen-bond donors (Lipinski definition) is 0. The average molecular weight is 805 g/mol. The molecule has 0 saturated carbocycles. The molecule has 2 rings (SSSR count). The van der Waals surface area contributed by atoms with Crippen LogP contribution in [0.4, 0.5) is 0 Å². The largest absolute Gasteiger partial charge is 0.537 e. The predicted octanol–water partition coefficient (Wildman–Crippen LogP) is 4.39. The smallest absolute Gasteiger partial charge is 0.370 e. The molecular formula is C36H68O12Si4. The van der Waals surface area contributed by atoms with Crippen LogP contribution in [0.15, 0.2) is 48.5 Å². The van der Waals surface area contributed by atoms with Crippen LogP contribution in [0, 0.1) is 0 Å². The van der Waals surface area contributed by atoms with E-state index in [-0.39, 0.29) is 0 Å². The first-order valence-corrected chi connectivity index (χ1v) is 25.9. The van der Waals surface area contributed by atoms with Gasteiger partial charge < -0.3 is 53.1 Å². The summed E-state index contributed by atoms with van der Waals surface area (Å²) in [5.74, 6) is 0. The second-order valence-electron chi connectivity index (χ2n) is 10.6. The first-order valence-electron chi connectivity index (χ1n) is 19.0. The molecule has 16 heteroatoms. The molecule has 0 unspecified atom stereocenters. The van der Waals surface area contributed by atoms with Gasteiger partial charge >= 0.3 is 35.2 Å². The standard InChI is InChI=1S/2C18H34O6Si2/c2*1-7-19-25(20-8-2,21-9-3)17-14-13-15-18(16-17)26(22-10-4,23-11-5)24-12-6/h2*13-16H,7-12H2,1-6H3. The number of rotatable bonds is 28. The summed E-state index contributed by atoms with van der Waals surface area (Å²) in [4.78, 5) is 0. The Morgan fingerprint density at radius 2 is 0.404 bits per heavy atom. The molecule has 0 aliphatic carbocycles. The van der Waals surface area contributed by atoms with Gasteiger partial charge in [0.1, 0.15) is 0 Å². The Hall–Kier alpha value is -1.17. The Labute approximate surface area is 319 Å². The van der Waals surface area contributed by atoms with Crippen molar-refractivity contribution in [2.45, 2.75) is 83.1 Å². The SMILES string of the molecule is CCO[Si](OCC)(OCC)c1cccc([Si](OCC)(OCC)OCC)c1.CCO[Si](OCC)(OCC)c1cccc([Si](OCC)(OCC)OCC)c1. The minimum Gasteiger partial charge on any atom is -0.370 e. The molecule has 2 aromatic rings. The molecule has 0 bridgehead atoms. The normalized spacial score (nSPS) is 12.5. The van der Waals surface area contributed by atoms with Crippen LogP contribution in [0.5, 0.6) is 0 Å². The third-order valence-corrected chi connectivity index (χ3v) is 19.2. The van der Waals surface area contributed by atoms with Crippen LogP contribution >= 0.6 is 0 Å². The average Bonchev–Trinajstić information content (AvgIpc) is 3.13. The van der Waals surface area contributed by atoms with Crippen molar-refractivity contribution in [2.24, 2.45) is 0 Å². The summed E-state index contributed by atoms with van der Waals surface area (Å²) in [5.41, 5.74) is 0. The predicted molar refractivity (Wildman–Crippen MR) is 214 cm³/mol. The highest BCUT2D eigenvalue weighted by molar-refractivity contribution is 6.79. The zero-order valence-corrected chi connectivity index (χ0v) is 38.0. The van der Waals surface area contributed by atoms with Crippen LogP contribution in [0.1, 0.15) is 83.1 Å². The van der Waals surface area contributed by atoms with Crippen molar-refractivity contribution >= 4 is 56.0 Å². The fraction of sp³-hybridized carbons (Fsp3) is 0.667. The summed E-state index contributed by atoms with van der Waals surface area (Å²) in [5, 5.41) is 3.60. The zero-order chi connectivity index (χ0) is 38.9. The van der Waals surface area contributed by atoms with Gasteiger partial charge in [-0.15, -0.1) is 0 Å². The molecule has 0 aromatic heterocycles. The Bertz CT molecular complexity index is 969. The minimum absolute atomic E-state index is 0.515. The molecule has 0 radical (unpaired) electrons. The molecule has 0 heterocycles. The van der Waals surface area contributed by atoms with Gasteiger partial charge in [-0.3, -0.25) is 0 Å². The van der Waals surface area contributed by atoms with Gasteiger partial charge in [-0.25, -0.2) is 0 Å². The minimum atomic E-state index is -3.00. The van der Waals surface area contributed by atoms with E-state index >= 15 is 0 Å². The lowest BCUT2D eigenvalue weighted by atomic mass is 10.4. The summed E-state index contributed by atoms with van der Waals surface area (Å²) in [6.45, 7) is 29.6. The van der Waals surface area contributed by atoms with Crippen molar-refractivity contribution in [1.29, 1.82) is 0 Å². The van der Waals surface area contributed by atoms with Crippen LogP contribution in [0.3, 0.4) is 0 Å². The summed E-state index contributed by atoms with van der Waals surface area (Å²) < 4.78 is 72.4. The van der Waals surface area contributed by atoms with Gasteiger partial charge in [0.05, 0.1) is 0 Å². The molecule has 0 saturated heterocycles. The Balaban J connectivity index is 0.000000520. The van der Waals surface area contributed by atoms with Crippen molar-refractivity contribution < 1.29 is 53.1 Å². The zero-order valence-electron chi connectivity index (χ0n) is 34.0. The van der Waals surface area contributed by atoms with E-state index in [2.05, 4.69) is 0 Å². The van der Waals surface area contributed by atoms with Gasteiger partial charge in [0.2, 0.25) is 0 Å². The molecule has 300 valence electrons. The fourth-order valence-electron chi connectivity index (χ4n) is 5.58. The van der Waals surface area contributed by atoms with Crippen molar-refractivity contribution in [1.82, 2.24) is 0 Å². The Morgan fingerprint density at radius 3 is 0.519 bits per heavy atom. The lowest BCUT2D eigenvalue weighted by molar-refractivity contribution is 0.0838. The molecular weight excluding hydrogens is 737 g/mol. The molecule has 0 amide bonds. The van der Waals surface area contributed by atoms with Crippen LogP contribution < -0.4 is 20.7 Å². The van der Waals surface area contributed by atoms with Gasteiger partial charge in [0.25, 0.3) is 0 Å². The maximum absolute atomic E-state index is 6.03. The molecule has 2 aromatic carbocycles. The molecule has 0 atom stereocenters. The van der Waals surface area contributed by atoms with Crippen molar-refractivity contribution in [3.63, 3.8) is 0 Å². The Morgan fingerprint density at radius 1 is 0.269 bits per heavy atom. The van der Waals surface area contributed by atoms with E-state index in [0.29, 0.717) is 79.3 Å². The second-order valence-corrected chi connectivity index (χ2v) is 20.8. The summed E-state index contributed by atoms with van der Waals surface area (Å²) in [6.07, 6.45) is 0. The summed E-state index contributed by atoms with van der Waals surface area (Å²) in [7, 11) is -12.0. The molecule has 0 aliphatic rings. The van der Waals surface area contributed by atoms with Gasteiger partial charge in [-0.2, -0.15) is 0 Å². The van der Waals surface area contributed by atoms with E-state index in [4.69, 9.17) is 53.1 Å². The topological polar surface area (TPSA) is 111 Å². The van der Waals surface area contributed by atoms with E-state index in [9.17, 15) is 0 Å². The van der Waals surface area contributed by atoms with Gasteiger partial charge in [0, 0.05) is 100 Å². The van der Waals surface area contributed by atoms with E-state index in [1.54, 1.807) is 0 Å². The first kappa shape index (κ1) is 48.8. The van der Waals surface area contributed by atoms with Gasteiger partial charge in [-0.1, -0.05) is 36.4 Å². The van der Waals surface area contributed by atoms with E-state index in [1.807, 2.05) is 132 Å². The molecule has 52 heavy (non-hydrogen) atoms. The van der Waals surface area contributed by atoms with Crippen molar-refractivity contribution in [3.05, 3.63) is 48.5 Å². The maximum Gasteiger partial charge on any atom is 0.537 e. The van der Waals surface area contributed by atoms with Crippen LogP contribution in [-0.2, 0) is 53.1 Å². The quantitative estimate of drug-likeness (QED) is 0.114. The van der Waals surface area contributed by atoms with Crippen LogP contribution in [-0.4, -0.2) is 115 Å². The van der Waals surface area contributed by atoms with Crippen LogP contribution in [0.2, 0.25) is 0 Å². The lowest BCUT2D eigenvalue weighted by Crippen LogP contribution is -2.61. The van der Waals surface area contributed by atoms with Crippen molar-refractivity contribution in [3.8, 4) is 0 Å². The highest BCUT2D eigenvalue weighted by Gasteiger charge is 2.49. The monoisotopic (exact) mass is 804 g/mol. The molecule has 0 N–H and O–H groups in total. The highest BCUT2D eigenvalue weighted by Crippen LogP contribution is 2.16. The highest BCUT2D eigenvalue weighted by atomic mass is 28.4. The van der Waals surface area contributed by atoms with Gasteiger partial charge in [0.15, 0.2) is 0 Å². The molecule has 12 nitrogen and oxygen atoms in total. The second kappa shape index (κ2) is 26.6. The third kappa shape index (κ3) is 13.5.